The summed E-state index contributed by atoms with van der Waals surface area (Å²) in [6.07, 6.45) is 0. The van der Waals surface area contributed by atoms with Crippen LogP contribution in [0.3, 0.4) is 0 Å². The van der Waals surface area contributed by atoms with Crippen LogP contribution in [0.25, 0.3) is 10.8 Å². The number of ether oxygens (including phenoxy) is 1. The molecule has 1 heterocycles. The normalized spacial score (nSPS) is 13.8. The fourth-order valence-corrected chi connectivity index (χ4v) is 4.45. The molecular weight excluding hydrogens is 340 g/mol. The van der Waals surface area contributed by atoms with E-state index in [1.54, 1.807) is 35.5 Å². The van der Waals surface area contributed by atoms with E-state index >= 15 is 0 Å². The van der Waals surface area contributed by atoms with E-state index in [2.05, 4.69) is 23.2 Å². The molecule has 0 bridgehead atoms. The first-order valence-corrected chi connectivity index (χ1v) is 9.73. The molecule has 24 heavy (non-hydrogen) atoms. The van der Waals surface area contributed by atoms with Crippen molar-refractivity contribution in [2.45, 2.75) is 6.54 Å². The molecule has 1 aliphatic heterocycles. The van der Waals surface area contributed by atoms with Gasteiger partial charge in [0, 0.05) is 19.3 Å². The molecule has 126 valence electrons. The lowest BCUT2D eigenvalue weighted by Gasteiger charge is -2.17. The number of amides is 1. The third kappa shape index (κ3) is 4.24. The zero-order chi connectivity index (χ0) is 16.9. The van der Waals surface area contributed by atoms with Crippen LogP contribution in [-0.2, 0) is 11.3 Å². The van der Waals surface area contributed by atoms with E-state index in [9.17, 15) is 4.79 Å². The van der Waals surface area contributed by atoms with Gasteiger partial charge in [-0.3, -0.25) is 9.79 Å². The van der Waals surface area contributed by atoms with Crippen molar-refractivity contribution in [3.8, 4) is 5.75 Å². The van der Waals surface area contributed by atoms with Gasteiger partial charge in [-0.25, -0.2) is 0 Å². The average molecular weight is 361 g/mol. The largest absolute Gasteiger partial charge is 0.497 e. The van der Waals surface area contributed by atoms with Crippen molar-refractivity contribution in [2.75, 3.05) is 32.2 Å². The molecule has 0 aromatic heterocycles. The average Bonchev–Trinajstić information content (AvgIpc) is 3.12. The summed E-state index contributed by atoms with van der Waals surface area (Å²) in [5.41, 5.74) is 1.13. The Morgan fingerprint density at radius 2 is 2.08 bits per heavy atom. The number of aliphatic imine (C=N–C) groups is 1. The summed E-state index contributed by atoms with van der Waals surface area (Å²) in [4.78, 5) is 18.4. The number of nitrogens with zero attached hydrogens (tertiary/aromatic N) is 2. The maximum Gasteiger partial charge on any atom is 0.233 e. The zero-order valence-electron chi connectivity index (χ0n) is 13.8. The fourth-order valence-electron chi connectivity index (χ4n) is 2.50. The number of carbonyl (C=O) groups excluding carboxylic acids is 1. The number of carbonyl (C=O) groups is 1. The van der Waals surface area contributed by atoms with Crippen LogP contribution in [0.4, 0.5) is 0 Å². The Kier molecular flexibility index (Phi) is 5.68. The van der Waals surface area contributed by atoms with E-state index in [-0.39, 0.29) is 5.91 Å². The van der Waals surface area contributed by atoms with Crippen LogP contribution in [0.15, 0.2) is 41.4 Å². The lowest BCUT2D eigenvalue weighted by molar-refractivity contribution is -0.127. The third-order valence-electron chi connectivity index (χ3n) is 3.83. The van der Waals surface area contributed by atoms with Gasteiger partial charge in [0.1, 0.15) is 10.1 Å². The summed E-state index contributed by atoms with van der Waals surface area (Å²) in [7, 11) is 3.52. The highest BCUT2D eigenvalue weighted by atomic mass is 32.2. The Balaban J connectivity index is 1.61. The molecule has 6 heteroatoms. The van der Waals surface area contributed by atoms with Gasteiger partial charge in [-0.2, -0.15) is 0 Å². The number of methoxy groups -OCH3 is 1. The van der Waals surface area contributed by atoms with Gasteiger partial charge in [0.05, 0.1) is 19.4 Å². The van der Waals surface area contributed by atoms with Crippen molar-refractivity contribution >= 4 is 44.6 Å². The molecule has 0 saturated carbocycles. The predicted octanol–water partition coefficient (Wildman–Crippen LogP) is 3.64. The second-order valence-electron chi connectivity index (χ2n) is 5.58. The van der Waals surface area contributed by atoms with E-state index < -0.39 is 0 Å². The second-order valence-corrected chi connectivity index (χ2v) is 7.89. The predicted molar refractivity (Wildman–Crippen MR) is 104 cm³/mol. The van der Waals surface area contributed by atoms with Gasteiger partial charge >= 0.3 is 0 Å². The van der Waals surface area contributed by atoms with Crippen LogP contribution in [0.5, 0.6) is 5.75 Å². The minimum absolute atomic E-state index is 0.130. The standard InChI is InChI=1S/C18H20N2O2S2/c1-20(17(21)12-24-18-19-7-8-23-18)11-13-3-4-15-10-16(22-2)6-5-14(15)9-13/h3-6,9-10H,7-8,11-12H2,1-2H3. The van der Waals surface area contributed by atoms with E-state index in [0.29, 0.717) is 12.3 Å². The summed E-state index contributed by atoms with van der Waals surface area (Å²) >= 11 is 3.28. The topological polar surface area (TPSA) is 41.9 Å². The van der Waals surface area contributed by atoms with Crippen LogP contribution in [-0.4, -0.2) is 47.4 Å². The minimum Gasteiger partial charge on any atom is -0.497 e. The molecule has 0 aliphatic carbocycles. The molecule has 1 aliphatic rings. The lowest BCUT2D eigenvalue weighted by Crippen LogP contribution is -2.28. The Hall–Kier alpha value is -1.66. The first-order chi connectivity index (χ1) is 11.7. The molecule has 0 fully saturated rings. The van der Waals surface area contributed by atoms with E-state index in [1.165, 1.54) is 0 Å². The van der Waals surface area contributed by atoms with E-state index in [0.717, 1.165) is 38.8 Å². The monoisotopic (exact) mass is 360 g/mol. The Morgan fingerprint density at radius 1 is 1.29 bits per heavy atom. The summed E-state index contributed by atoms with van der Waals surface area (Å²) in [5.74, 6) is 2.47. The van der Waals surface area contributed by atoms with Gasteiger partial charge in [-0.1, -0.05) is 41.7 Å². The molecule has 0 radical (unpaired) electrons. The van der Waals surface area contributed by atoms with Gasteiger partial charge < -0.3 is 9.64 Å². The van der Waals surface area contributed by atoms with Gasteiger partial charge in [0.2, 0.25) is 5.91 Å². The molecule has 0 saturated heterocycles. The van der Waals surface area contributed by atoms with Crippen molar-refractivity contribution in [3.05, 3.63) is 42.0 Å². The number of rotatable bonds is 5. The lowest BCUT2D eigenvalue weighted by atomic mass is 10.1. The number of hydrogen-bond acceptors (Lipinski definition) is 5. The van der Waals surface area contributed by atoms with Crippen molar-refractivity contribution in [3.63, 3.8) is 0 Å². The van der Waals surface area contributed by atoms with Gasteiger partial charge in [0.15, 0.2) is 0 Å². The van der Waals surface area contributed by atoms with E-state index in [1.807, 2.05) is 25.2 Å². The molecule has 2 aromatic carbocycles. The third-order valence-corrected chi connectivity index (χ3v) is 6.07. The highest BCUT2D eigenvalue weighted by molar-refractivity contribution is 8.39. The number of fused-ring (bicyclic) bond motifs is 1. The van der Waals surface area contributed by atoms with Crippen molar-refractivity contribution < 1.29 is 9.53 Å². The maximum absolute atomic E-state index is 12.3. The fraction of sp³-hybridized carbons (Fsp3) is 0.333. The van der Waals surface area contributed by atoms with Crippen LogP contribution >= 0.6 is 23.5 Å². The first-order valence-electron chi connectivity index (χ1n) is 7.76. The number of thioether (sulfide) groups is 2. The summed E-state index contributed by atoms with van der Waals surface area (Å²) < 4.78 is 6.29. The summed E-state index contributed by atoms with van der Waals surface area (Å²) in [6, 6.07) is 12.3. The number of hydrogen-bond donors (Lipinski definition) is 0. The Labute approximate surface area is 150 Å². The molecule has 1 amide bonds. The quantitative estimate of drug-likeness (QED) is 0.816. The zero-order valence-corrected chi connectivity index (χ0v) is 15.5. The van der Waals surface area contributed by atoms with Crippen LogP contribution in [0.2, 0.25) is 0 Å². The second kappa shape index (κ2) is 7.94. The van der Waals surface area contributed by atoms with Crippen molar-refractivity contribution in [2.24, 2.45) is 4.99 Å². The Morgan fingerprint density at radius 3 is 2.83 bits per heavy atom. The van der Waals surface area contributed by atoms with Gasteiger partial charge in [0.25, 0.3) is 0 Å². The molecule has 0 unspecified atom stereocenters. The highest BCUT2D eigenvalue weighted by Crippen LogP contribution is 2.24. The molecule has 3 rings (SSSR count). The van der Waals surface area contributed by atoms with Gasteiger partial charge in [-0.05, 0) is 34.5 Å². The van der Waals surface area contributed by atoms with Crippen LogP contribution in [0.1, 0.15) is 5.56 Å². The maximum atomic E-state index is 12.3. The molecule has 4 nitrogen and oxygen atoms in total. The molecule has 0 N–H and O–H groups in total. The molecular formula is C18H20N2O2S2. The molecule has 0 spiro atoms. The summed E-state index contributed by atoms with van der Waals surface area (Å²) in [5, 5.41) is 2.29. The summed E-state index contributed by atoms with van der Waals surface area (Å²) in [6.45, 7) is 1.49. The van der Waals surface area contributed by atoms with Gasteiger partial charge in [-0.15, -0.1) is 0 Å². The first kappa shape index (κ1) is 17.2. The SMILES string of the molecule is COc1ccc2cc(CN(C)C(=O)CSC3=NCCS3)ccc2c1. The van der Waals surface area contributed by atoms with E-state index in [4.69, 9.17) is 4.74 Å². The molecule has 0 atom stereocenters. The van der Waals surface area contributed by atoms with Crippen molar-refractivity contribution in [1.82, 2.24) is 4.90 Å². The smallest absolute Gasteiger partial charge is 0.233 e. The highest BCUT2D eigenvalue weighted by Gasteiger charge is 2.14. The Bertz CT molecular complexity index is 777. The molecule has 2 aromatic rings. The van der Waals surface area contributed by atoms with Crippen molar-refractivity contribution in [1.29, 1.82) is 0 Å². The van der Waals surface area contributed by atoms with Crippen LogP contribution in [0, 0.1) is 0 Å². The van der Waals surface area contributed by atoms with Crippen LogP contribution < -0.4 is 4.74 Å². The minimum atomic E-state index is 0.130. The number of benzene rings is 2.